The van der Waals surface area contributed by atoms with Gasteiger partial charge in [-0.1, -0.05) is 25.7 Å². The van der Waals surface area contributed by atoms with Gasteiger partial charge in [-0.3, -0.25) is 4.79 Å². The molecule has 1 fully saturated rings. The lowest BCUT2D eigenvalue weighted by atomic mass is 10.1. The third-order valence-corrected chi connectivity index (χ3v) is 4.34. The average molecular weight is 262 g/mol. The van der Waals surface area contributed by atoms with Crippen molar-refractivity contribution in [1.82, 2.24) is 5.32 Å². The van der Waals surface area contributed by atoms with E-state index in [4.69, 9.17) is 5.73 Å². The van der Waals surface area contributed by atoms with Gasteiger partial charge in [0.2, 0.25) is 0 Å². The molecule has 0 aliphatic heterocycles. The highest BCUT2D eigenvalue weighted by Gasteiger charge is 2.45. The second-order valence-corrected chi connectivity index (χ2v) is 6.19. The summed E-state index contributed by atoms with van der Waals surface area (Å²) in [5, 5.41) is 4.88. The van der Waals surface area contributed by atoms with Crippen LogP contribution < -0.4 is 11.1 Å². The van der Waals surface area contributed by atoms with Gasteiger partial charge in [0.05, 0.1) is 6.54 Å². The lowest BCUT2D eigenvalue weighted by molar-refractivity contribution is 0.0954. The Hall–Kier alpha value is -1.31. The van der Waals surface area contributed by atoms with E-state index in [9.17, 15) is 4.79 Å². The van der Waals surface area contributed by atoms with Crippen LogP contribution in [-0.2, 0) is 0 Å². The first kappa shape index (κ1) is 13.1. The quantitative estimate of drug-likeness (QED) is 0.817. The molecule has 1 atom stereocenters. The Bertz CT molecular complexity index is 507. The molecular formula is C14H18N2OS. The summed E-state index contributed by atoms with van der Waals surface area (Å²) < 4.78 is 0. The molecule has 1 saturated carbocycles. The van der Waals surface area contributed by atoms with Crippen molar-refractivity contribution in [2.45, 2.75) is 20.3 Å². The fraction of sp³-hybridized carbons (Fsp3) is 0.500. The molecule has 1 aromatic heterocycles. The minimum absolute atomic E-state index is 0.0194. The van der Waals surface area contributed by atoms with Crippen LogP contribution >= 0.6 is 11.3 Å². The molecule has 2 rings (SSSR count). The third kappa shape index (κ3) is 2.92. The minimum atomic E-state index is -0.0194. The number of thiophene rings is 1. The van der Waals surface area contributed by atoms with E-state index >= 15 is 0 Å². The van der Waals surface area contributed by atoms with Gasteiger partial charge in [0, 0.05) is 12.1 Å². The first-order valence-electron chi connectivity index (χ1n) is 6.09. The van der Waals surface area contributed by atoms with Crippen molar-refractivity contribution >= 4 is 17.2 Å². The van der Waals surface area contributed by atoms with Crippen molar-refractivity contribution < 1.29 is 4.79 Å². The van der Waals surface area contributed by atoms with Gasteiger partial charge >= 0.3 is 0 Å². The molecule has 3 nitrogen and oxygen atoms in total. The van der Waals surface area contributed by atoms with Crippen molar-refractivity contribution in [2.75, 3.05) is 13.1 Å². The fourth-order valence-electron chi connectivity index (χ4n) is 1.95. The molecule has 1 aromatic rings. The Morgan fingerprint density at radius 1 is 1.67 bits per heavy atom. The highest BCUT2D eigenvalue weighted by Crippen LogP contribution is 2.50. The normalized spacial score (nSPS) is 19.8. The molecule has 0 saturated heterocycles. The summed E-state index contributed by atoms with van der Waals surface area (Å²) in [5.41, 5.74) is 6.51. The smallest absolute Gasteiger partial charge is 0.262 e. The van der Waals surface area contributed by atoms with Crippen LogP contribution in [0.5, 0.6) is 0 Å². The van der Waals surface area contributed by atoms with Crippen LogP contribution in [0.4, 0.5) is 0 Å². The second-order valence-electron chi connectivity index (χ2n) is 5.27. The number of amides is 1. The van der Waals surface area contributed by atoms with E-state index in [2.05, 4.69) is 31.0 Å². The monoisotopic (exact) mass is 262 g/mol. The predicted molar refractivity (Wildman–Crippen MR) is 74.5 cm³/mol. The summed E-state index contributed by atoms with van der Waals surface area (Å²) in [7, 11) is 0. The molecule has 1 amide bonds. The molecule has 0 radical (unpaired) electrons. The molecular weight excluding hydrogens is 244 g/mol. The van der Waals surface area contributed by atoms with Gasteiger partial charge in [0.15, 0.2) is 0 Å². The highest BCUT2D eigenvalue weighted by molar-refractivity contribution is 7.12. The fourth-order valence-corrected chi connectivity index (χ4v) is 2.72. The molecule has 1 heterocycles. The van der Waals surface area contributed by atoms with Crippen LogP contribution in [-0.4, -0.2) is 19.0 Å². The Kier molecular flexibility index (Phi) is 3.74. The zero-order valence-electron chi connectivity index (χ0n) is 10.7. The van der Waals surface area contributed by atoms with Crippen molar-refractivity contribution in [2.24, 2.45) is 17.1 Å². The summed E-state index contributed by atoms with van der Waals surface area (Å²) in [6.07, 6.45) is 1.19. The van der Waals surface area contributed by atoms with Crippen molar-refractivity contribution in [3.63, 3.8) is 0 Å². The number of rotatable bonds is 3. The Morgan fingerprint density at radius 3 is 3.00 bits per heavy atom. The van der Waals surface area contributed by atoms with Crippen LogP contribution in [0.15, 0.2) is 11.4 Å². The van der Waals surface area contributed by atoms with E-state index in [1.165, 1.54) is 17.8 Å². The van der Waals surface area contributed by atoms with Gasteiger partial charge in [-0.2, -0.15) is 0 Å². The van der Waals surface area contributed by atoms with Crippen LogP contribution in [0.25, 0.3) is 0 Å². The highest BCUT2D eigenvalue weighted by atomic mass is 32.1. The van der Waals surface area contributed by atoms with Crippen LogP contribution in [0.3, 0.4) is 0 Å². The summed E-state index contributed by atoms with van der Waals surface area (Å²) in [4.78, 5) is 12.7. The van der Waals surface area contributed by atoms with E-state index in [1.807, 2.05) is 11.4 Å². The number of nitrogens with one attached hydrogen (secondary N) is 1. The van der Waals surface area contributed by atoms with E-state index in [0.29, 0.717) is 22.8 Å². The lowest BCUT2D eigenvalue weighted by Gasteiger charge is -2.05. The number of carbonyl (C=O) groups is 1. The molecule has 1 aliphatic rings. The number of nitrogens with two attached hydrogens (primary N) is 1. The van der Waals surface area contributed by atoms with E-state index < -0.39 is 0 Å². The Morgan fingerprint density at radius 2 is 2.39 bits per heavy atom. The summed E-state index contributed by atoms with van der Waals surface area (Å²) in [6, 6.07) is 1.86. The first-order valence-corrected chi connectivity index (χ1v) is 6.97. The van der Waals surface area contributed by atoms with Gasteiger partial charge in [-0.05, 0) is 29.2 Å². The lowest BCUT2D eigenvalue weighted by Crippen LogP contribution is -2.26. The maximum atomic E-state index is 12.0. The Balaban J connectivity index is 1.95. The molecule has 96 valence electrons. The van der Waals surface area contributed by atoms with E-state index in [1.54, 1.807) is 0 Å². The molecule has 1 aliphatic carbocycles. The minimum Gasteiger partial charge on any atom is -0.351 e. The molecule has 18 heavy (non-hydrogen) atoms. The van der Waals surface area contributed by atoms with Gasteiger partial charge < -0.3 is 11.1 Å². The van der Waals surface area contributed by atoms with Gasteiger partial charge in [-0.25, -0.2) is 0 Å². The van der Waals surface area contributed by atoms with Crippen LogP contribution in [0.2, 0.25) is 0 Å². The summed E-state index contributed by atoms with van der Waals surface area (Å²) in [5.74, 6) is 6.30. The topological polar surface area (TPSA) is 55.1 Å². The van der Waals surface area contributed by atoms with E-state index in [0.717, 1.165) is 12.1 Å². The van der Waals surface area contributed by atoms with Crippen molar-refractivity contribution in [3.05, 3.63) is 21.9 Å². The van der Waals surface area contributed by atoms with Gasteiger partial charge in [0.25, 0.3) is 5.91 Å². The zero-order valence-corrected chi connectivity index (χ0v) is 11.6. The molecule has 0 spiro atoms. The Labute approximate surface area is 112 Å². The molecule has 0 bridgehead atoms. The molecule has 0 aromatic carbocycles. The molecule has 4 heteroatoms. The summed E-state index contributed by atoms with van der Waals surface area (Å²) in [6.45, 7) is 5.53. The predicted octanol–water partition coefficient (Wildman–Crippen LogP) is 1.83. The number of hydrogen-bond donors (Lipinski definition) is 2. The van der Waals surface area contributed by atoms with Gasteiger partial charge in [-0.15, -0.1) is 11.3 Å². The number of carbonyl (C=O) groups excluding carboxylic acids is 1. The third-order valence-electron chi connectivity index (χ3n) is 3.42. The largest absolute Gasteiger partial charge is 0.351 e. The average Bonchev–Trinajstić information content (AvgIpc) is 2.77. The summed E-state index contributed by atoms with van der Waals surface area (Å²) >= 11 is 1.42. The zero-order chi connectivity index (χ0) is 13.2. The standard InChI is InChI=1S/C14H18N2OS/c1-14(2)8-11(14)9-16-13(17)12-10(4-3-6-15)5-7-18-12/h5,7,11H,6,8-9,15H2,1-2H3,(H,16,17). The van der Waals surface area contributed by atoms with Crippen molar-refractivity contribution in [1.29, 1.82) is 0 Å². The van der Waals surface area contributed by atoms with E-state index in [-0.39, 0.29) is 5.91 Å². The first-order chi connectivity index (χ1) is 8.54. The van der Waals surface area contributed by atoms with Crippen molar-refractivity contribution in [3.8, 4) is 11.8 Å². The maximum absolute atomic E-state index is 12.0. The molecule has 3 N–H and O–H groups in total. The number of hydrogen-bond acceptors (Lipinski definition) is 3. The van der Waals surface area contributed by atoms with Gasteiger partial charge in [0.1, 0.15) is 4.88 Å². The van der Waals surface area contributed by atoms with Crippen LogP contribution in [0.1, 0.15) is 35.5 Å². The maximum Gasteiger partial charge on any atom is 0.262 e. The SMILES string of the molecule is CC1(C)CC1CNC(=O)c1sccc1C#CCN. The second kappa shape index (κ2) is 5.13. The van der Waals surface area contributed by atoms with Crippen LogP contribution in [0, 0.1) is 23.2 Å². The molecule has 1 unspecified atom stereocenters.